The predicted molar refractivity (Wildman–Crippen MR) is 249 cm³/mol. The second-order valence-corrected chi connectivity index (χ2v) is 15.1. The van der Waals surface area contributed by atoms with E-state index in [1.165, 1.54) is 43.6 Å². The van der Waals surface area contributed by atoms with Crippen molar-refractivity contribution in [3.8, 4) is 16.8 Å². The minimum absolute atomic E-state index is 0.799. The number of hydrogen-bond acceptors (Lipinski definition) is 2. The van der Waals surface area contributed by atoms with Gasteiger partial charge in [0.15, 0.2) is 0 Å². The molecule has 0 aliphatic carbocycles. The predicted octanol–water partition coefficient (Wildman–Crippen LogP) is 14.7. The van der Waals surface area contributed by atoms with Crippen LogP contribution >= 0.6 is 0 Å². The molecule has 1 aliphatic heterocycles. The first-order valence-corrected chi connectivity index (χ1v) is 20.0. The monoisotopic (exact) mass is 757 g/mol. The van der Waals surface area contributed by atoms with Crippen molar-refractivity contribution in [1.29, 1.82) is 0 Å². The molecule has 4 nitrogen and oxygen atoms in total. The minimum atomic E-state index is 0.799. The van der Waals surface area contributed by atoms with Crippen LogP contribution in [0.1, 0.15) is 16.9 Å². The number of fused-ring (bicyclic) bond motifs is 11. The van der Waals surface area contributed by atoms with Gasteiger partial charge in [0.05, 0.1) is 22.2 Å². The molecule has 8 aromatic carbocycles. The SMILES string of the molecule is C=C1c2cc(-c3ccc4c(c3)c3c5c(ccc3n4-c3ccccc3)c3ccccc3n5C)ccc2N(c2ccccc2)/C=C\c2c1oc1ccccc21.c1ccccc1. The number of aromatic nitrogens is 2. The highest BCUT2D eigenvalue weighted by Crippen LogP contribution is 2.45. The summed E-state index contributed by atoms with van der Waals surface area (Å²) in [5.41, 5.74) is 14.2. The van der Waals surface area contributed by atoms with Crippen LogP contribution in [0.25, 0.3) is 83.0 Å². The Morgan fingerprint density at radius 1 is 0.492 bits per heavy atom. The van der Waals surface area contributed by atoms with Gasteiger partial charge >= 0.3 is 0 Å². The summed E-state index contributed by atoms with van der Waals surface area (Å²) in [6, 6.07) is 68.4. The molecule has 12 rings (SSSR count). The summed E-state index contributed by atoms with van der Waals surface area (Å²) in [5, 5.41) is 6.08. The van der Waals surface area contributed by atoms with Crippen molar-refractivity contribution < 1.29 is 4.42 Å². The third-order valence-corrected chi connectivity index (χ3v) is 11.7. The van der Waals surface area contributed by atoms with Crippen LogP contribution in [0, 0.1) is 0 Å². The highest BCUT2D eigenvalue weighted by molar-refractivity contribution is 6.26. The number of anilines is 2. The van der Waals surface area contributed by atoms with Gasteiger partial charge in [-0.05, 0) is 83.9 Å². The number of furan rings is 1. The summed E-state index contributed by atoms with van der Waals surface area (Å²) < 4.78 is 11.3. The third kappa shape index (κ3) is 5.60. The third-order valence-electron chi connectivity index (χ3n) is 11.7. The van der Waals surface area contributed by atoms with Crippen molar-refractivity contribution in [2.75, 3.05) is 4.90 Å². The molecule has 0 fully saturated rings. The van der Waals surface area contributed by atoms with Crippen LogP contribution < -0.4 is 4.90 Å². The molecule has 0 radical (unpaired) electrons. The van der Waals surface area contributed by atoms with E-state index in [0.717, 1.165) is 61.6 Å². The van der Waals surface area contributed by atoms with E-state index in [2.05, 4.69) is 186 Å². The molecule has 4 heteroatoms. The van der Waals surface area contributed by atoms with Gasteiger partial charge in [-0.25, -0.2) is 0 Å². The molecule has 0 saturated carbocycles. The van der Waals surface area contributed by atoms with Crippen LogP contribution in [0.5, 0.6) is 0 Å². The summed E-state index contributed by atoms with van der Waals surface area (Å²) in [7, 11) is 2.19. The maximum Gasteiger partial charge on any atom is 0.142 e. The molecule has 280 valence electrons. The van der Waals surface area contributed by atoms with Gasteiger partial charge in [0.2, 0.25) is 0 Å². The lowest BCUT2D eigenvalue weighted by Gasteiger charge is -2.26. The highest BCUT2D eigenvalue weighted by Gasteiger charge is 2.25. The smallest absolute Gasteiger partial charge is 0.142 e. The first-order valence-electron chi connectivity index (χ1n) is 20.0. The van der Waals surface area contributed by atoms with Gasteiger partial charge in [-0.1, -0.05) is 134 Å². The minimum Gasteiger partial charge on any atom is -0.455 e. The van der Waals surface area contributed by atoms with E-state index in [1.807, 2.05) is 48.5 Å². The molecule has 0 N–H and O–H groups in total. The van der Waals surface area contributed by atoms with E-state index in [1.54, 1.807) is 0 Å². The Balaban J connectivity index is 0.000000610. The van der Waals surface area contributed by atoms with Crippen molar-refractivity contribution in [1.82, 2.24) is 9.13 Å². The van der Waals surface area contributed by atoms with E-state index in [0.29, 0.717) is 0 Å². The second-order valence-electron chi connectivity index (χ2n) is 15.1. The van der Waals surface area contributed by atoms with Gasteiger partial charge in [0.25, 0.3) is 0 Å². The summed E-state index contributed by atoms with van der Waals surface area (Å²) in [5.74, 6) is 0.799. The Labute approximate surface area is 342 Å². The van der Waals surface area contributed by atoms with Crippen molar-refractivity contribution in [2.24, 2.45) is 7.05 Å². The van der Waals surface area contributed by atoms with Gasteiger partial charge < -0.3 is 18.5 Å². The van der Waals surface area contributed by atoms with E-state index in [9.17, 15) is 0 Å². The molecular formula is C55H39N3O. The van der Waals surface area contributed by atoms with Gasteiger partial charge in [-0.15, -0.1) is 0 Å². The topological polar surface area (TPSA) is 26.2 Å². The van der Waals surface area contributed by atoms with Crippen LogP contribution in [0.3, 0.4) is 0 Å². The van der Waals surface area contributed by atoms with Crippen molar-refractivity contribution in [3.05, 3.63) is 224 Å². The Hall–Kier alpha value is -7.82. The summed E-state index contributed by atoms with van der Waals surface area (Å²) in [4.78, 5) is 2.25. The Bertz CT molecular complexity index is 3380. The van der Waals surface area contributed by atoms with Gasteiger partial charge in [0.1, 0.15) is 11.3 Å². The lowest BCUT2D eigenvalue weighted by Crippen LogP contribution is -2.12. The molecule has 0 atom stereocenters. The zero-order chi connectivity index (χ0) is 39.5. The van der Waals surface area contributed by atoms with E-state index in [-0.39, 0.29) is 0 Å². The Morgan fingerprint density at radius 2 is 1.10 bits per heavy atom. The molecule has 11 aromatic rings. The number of rotatable bonds is 3. The van der Waals surface area contributed by atoms with Crippen molar-refractivity contribution >= 4 is 77.6 Å². The average molecular weight is 758 g/mol. The molecule has 0 saturated heterocycles. The molecule has 0 bridgehead atoms. The molecule has 3 aromatic heterocycles. The van der Waals surface area contributed by atoms with Crippen molar-refractivity contribution in [3.63, 3.8) is 0 Å². The van der Waals surface area contributed by atoms with E-state index in [4.69, 9.17) is 4.42 Å². The van der Waals surface area contributed by atoms with Crippen molar-refractivity contribution in [2.45, 2.75) is 0 Å². The standard InChI is InChI=1S/C49H33N3O.C6H6/c1-31-40-29-32(21-24-43(40)51(34-13-5-3-6-14-34)28-27-39-37-18-10-12-20-46(37)53-49(31)39)33-22-25-44-41(30-33)47-45(52(44)35-15-7-4-8-16-35)26-23-38-36-17-9-11-19-42(36)50(2)48(38)47;1-2-4-6-5-3-1/h3-30H,1H2,2H3;1-6H/b28-27-;. The molecule has 0 amide bonds. The fraction of sp³-hybridized carbons (Fsp3) is 0.0182. The first-order chi connectivity index (χ1) is 29.1. The molecular weight excluding hydrogens is 719 g/mol. The fourth-order valence-electron chi connectivity index (χ4n) is 8.98. The van der Waals surface area contributed by atoms with Crippen LogP contribution in [0.2, 0.25) is 0 Å². The van der Waals surface area contributed by atoms with Crippen LogP contribution in [-0.2, 0) is 7.05 Å². The Kier molecular flexibility index (Phi) is 8.16. The maximum absolute atomic E-state index is 6.53. The molecule has 0 spiro atoms. The largest absolute Gasteiger partial charge is 0.455 e. The van der Waals surface area contributed by atoms with Crippen LogP contribution in [-0.4, -0.2) is 9.13 Å². The average Bonchev–Trinajstić information content (AvgIpc) is 3.94. The number of aryl methyl sites for hydroxylation is 1. The molecule has 4 heterocycles. The molecule has 59 heavy (non-hydrogen) atoms. The number of para-hydroxylation sites is 4. The normalized spacial score (nSPS) is 13.0. The molecule has 1 aliphatic rings. The molecule has 0 unspecified atom stereocenters. The summed E-state index contributed by atoms with van der Waals surface area (Å²) in [6.45, 7) is 4.69. The van der Waals surface area contributed by atoms with Crippen LogP contribution in [0.15, 0.2) is 211 Å². The number of hydrogen-bond donors (Lipinski definition) is 0. The lowest BCUT2D eigenvalue weighted by atomic mass is 9.93. The van der Waals surface area contributed by atoms with E-state index < -0.39 is 0 Å². The van der Waals surface area contributed by atoms with Gasteiger partial charge in [-0.3, -0.25) is 0 Å². The summed E-state index contributed by atoms with van der Waals surface area (Å²) in [6.07, 6.45) is 4.31. The van der Waals surface area contributed by atoms with E-state index >= 15 is 0 Å². The second kappa shape index (κ2) is 14.0. The van der Waals surface area contributed by atoms with Crippen LogP contribution in [0.4, 0.5) is 11.4 Å². The fourth-order valence-corrected chi connectivity index (χ4v) is 8.98. The first kappa shape index (κ1) is 34.4. The number of nitrogens with zero attached hydrogens (tertiary/aromatic N) is 3. The Morgan fingerprint density at radius 3 is 1.86 bits per heavy atom. The highest BCUT2D eigenvalue weighted by atomic mass is 16.3. The summed E-state index contributed by atoms with van der Waals surface area (Å²) >= 11 is 0. The maximum atomic E-state index is 6.53. The number of benzene rings is 8. The van der Waals surface area contributed by atoms with Gasteiger partial charge in [-0.2, -0.15) is 0 Å². The van der Waals surface area contributed by atoms with Gasteiger partial charge in [0, 0.05) is 73.8 Å². The zero-order valence-corrected chi connectivity index (χ0v) is 32.6. The quantitative estimate of drug-likeness (QED) is 0.179. The lowest BCUT2D eigenvalue weighted by molar-refractivity contribution is 0.599. The zero-order valence-electron chi connectivity index (χ0n) is 32.6.